The van der Waals surface area contributed by atoms with Crippen molar-refractivity contribution in [2.75, 3.05) is 11.1 Å². The van der Waals surface area contributed by atoms with Crippen molar-refractivity contribution in [3.8, 4) is 22.4 Å². The molecule has 0 spiro atoms. The Morgan fingerprint density at radius 3 is 2.58 bits per heavy atom. The van der Waals surface area contributed by atoms with E-state index < -0.39 is 0 Å². The number of pyridine rings is 1. The normalized spacial score (nSPS) is 12.1. The second-order valence-electron chi connectivity index (χ2n) is 8.28. The summed E-state index contributed by atoms with van der Waals surface area (Å²) >= 11 is 0. The quantitative estimate of drug-likeness (QED) is 0.335. The molecule has 6 nitrogen and oxygen atoms in total. The minimum absolute atomic E-state index is 0.0486. The van der Waals surface area contributed by atoms with Crippen LogP contribution in [0.5, 0.6) is 0 Å². The van der Waals surface area contributed by atoms with Crippen molar-refractivity contribution in [2.45, 2.75) is 26.8 Å². The van der Waals surface area contributed by atoms with Gasteiger partial charge >= 0.3 is 0 Å². The van der Waals surface area contributed by atoms with Gasteiger partial charge in [-0.15, -0.1) is 0 Å². The highest BCUT2D eigenvalue weighted by Gasteiger charge is 2.12. The molecule has 0 aliphatic heterocycles. The second-order valence-corrected chi connectivity index (χ2v) is 8.28. The number of nitrogen functional groups attached to an aromatic ring is 1. The van der Waals surface area contributed by atoms with Gasteiger partial charge in [0, 0.05) is 34.8 Å². The van der Waals surface area contributed by atoms with E-state index in [9.17, 15) is 0 Å². The lowest BCUT2D eigenvalue weighted by atomic mass is 10.0. The lowest BCUT2D eigenvalue weighted by molar-refractivity contribution is 0.613. The molecule has 3 aromatic heterocycles. The number of rotatable bonds is 5. The first-order chi connectivity index (χ1) is 16.0. The first-order valence-electron chi connectivity index (χ1n) is 10.9. The molecule has 1 unspecified atom stereocenters. The van der Waals surface area contributed by atoms with Gasteiger partial charge in [-0.25, -0.2) is 15.0 Å². The molecule has 0 saturated carbocycles. The number of hydrogen-bond acceptors (Lipinski definition) is 6. The van der Waals surface area contributed by atoms with E-state index in [-0.39, 0.29) is 6.04 Å². The van der Waals surface area contributed by atoms with Crippen molar-refractivity contribution < 1.29 is 4.42 Å². The predicted octanol–water partition coefficient (Wildman–Crippen LogP) is 6.32. The molecule has 0 bridgehead atoms. The van der Waals surface area contributed by atoms with Crippen molar-refractivity contribution >= 4 is 22.6 Å². The fourth-order valence-corrected chi connectivity index (χ4v) is 3.97. The van der Waals surface area contributed by atoms with Crippen LogP contribution in [0.3, 0.4) is 0 Å². The number of hydrogen-bond donors (Lipinski definition) is 2. The summed E-state index contributed by atoms with van der Waals surface area (Å²) in [4.78, 5) is 13.5. The Bertz CT molecular complexity index is 1440. The molecule has 6 heteroatoms. The summed E-state index contributed by atoms with van der Waals surface area (Å²) in [6.07, 6.45) is 3.58. The van der Waals surface area contributed by atoms with Crippen LogP contribution in [0, 0.1) is 13.8 Å². The molecular weight excluding hydrogens is 410 g/mol. The molecule has 0 aliphatic rings. The van der Waals surface area contributed by atoms with Gasteiger partial charge in [-0.1, -0.05) is 18.2 Å². The Morgan fingerprint density at radius 1 is 0.909 bits per heavy atom. The predicted molar refractivity (Wildman–Crippen MR) is 133 cm³/mol. The average Bonchev–Trinajstić information content (AvgIpc) is 3.19. The number of fused-ring (bicyclic) bond motifs is 1. The Labute approximate surface area is 192 Å². The van der Waals surface area contributed by atoms with Crippen LogP contribution in [0.2, 0.25) is 0 Å². The monoisotopic (exact) mass is 435 g/mol. The number of anilines is 2. The average molecular weight is 436 g/mol. The second kappa shape index (κ2) is 8.39. The highest BCUT2D eigenvalue weighted by molar-refractivity contribution is 5.85. The Balaban J connectivity index is 1.42. The minimum Gasteiger partial charge on any atom is -0.464 e. The first kappa shape index (κ1) is 20.7. The van der Waals surface area contributed by atoms with Gasteiger partial charge in [-0.3, -0.25) is 0 Å². The molecule has 0 saturated heterocycles. The van der Waals surface area contributed by atoms with Crippen LogP contribution in [-0.4, -0.2) is 15.0 Å². The zero-order chi connectivity index (χ0) is 22.9. The van der Waals surface area contributed by atoms with Gasteiger partial charge in [-0.05, 0) is 73.9 Å². The highest BCUT2D eigenvalue weighted by atomic mass is 16.3. The summed E-state index contributed by atoms with van der Waals surface area (Å²) in [5, 5.41) is 4.63. The van der Waals surface area contributed by atoms with Crippen LogP contribution < -0.4 is 11.1 Å². The Morgan fingerprint density at radius 2 is 1.76 bits per heavy atom. The number of aryl methyl sites for hydroxylation is 2. The van der Waals surface area contributed by atoms with Crippen molar-refractivity contribution in [1.29, 1.82) is 0 Å². The molecular formula is C27H25N5O. The standard InChI is InChI=1S/C27H25N5O/c1-16-15-33-25-9-7-21(12-23(16)25)24-13-27(32-18(3)31-24)30-17(2)19-5-4-6-20(11-19)22-8-10-26(28)29-14-22/h4-15,17H,1-3H3,(H2,28,29)(H,30,31,32). The van der Waals surface area contributed by atoms with Gasteiger partial charge in [0.05, 0.1) is 12.0 Å². The van der Waals surface area contributed by atoms with E-state index in [0.717, 1.165) is 50.3 Å². The maximum atomic E-state index is 5.73. The van der Waals surface area contributed by atoms with E-state index in [4.69, 9.17) is 10.2 Å². The van der Waals surface area contributed by atoms with Crippen LogP contribution in [0.1, 0.15) is 29.9 Å². The third kappa shape index (κ3) is 4.28. The van der Waals surface area contributed by atoms with Gasteiger partial charge in [0.1, 0.15) is 23.0 Å². The molecule has 3 N–H and O–H groups in total. The molecule has 3 heterocycles. The number of benzene rings is 2. The van der Waals surface area contributed by atoms with E-state index >= 15 is 0 Å². The van der Waals surface area contributed by atoms with E-state index in [2.05, 4.69) is 57.5 Å². The van der Waals surface area contributed by atoms with E-state index in [1.807, 2.05) is 44.2 Å². The van der Waals surface area contributed by atoms with E-state index in [0.29, 0.717) is 11.6 Å². The number of nitrogens with two attached hydrogens (primary N) is 1. The number of nitrogens with one attached hydrogen (secondary N) is 1. The Hall–Kier alpha value is -4.19. The molecule has 33 heavy (non-hydrogen) atoms. The van der Waals surface area contributed by atoms with Gasteiger partial charge < -0.3 is 15.5 Å². The SMILES string of the molecule is Cc1nc(NC(C)c2cccc(-c3ccc(N)nc3)c2)cc(-c2ccc3occ(C)c3c2)n1. The number of nitrogens with zero attached hydrogens (tertiary/aromatic N) is 3. The van der Waals surface area contributed by atoms with Gasteiger partial charge in [0.25, 0.3) is 0 Å². The van der Waals surface area contributed by atoms with Crippen molar-refractivity contribution in [3.05, 3.63) is 90.1 Å². The van der Waals surface area contributed by atoms with Crippen molar-refractivity contribution in [1.82, 2.24) is 15.0 Å². The van der Waals surface area contributed by atoms with E-state index in [1.165, 1.54) is 0 Å². The molecule has 5 aromatic rings. The van der Waals surface area contributed by atoms with Crippen LogP contribution in [0.15, 0.2) is 77.5 Å². The summed E-state index contributed by atoms with van der Waals surface area (Å²) in [6.45, 7) is 6.08. The molecule has 0 radical (unpaired) electrons. The topological polar surface area (TPSA) is 89.9 Å². The van der Waals surface area contributed by atoms with Crippen LogP contribution in [0.25, 0.3) is 33.4 Å². The number of aromatic nitrogens is 3. The van der Waals surface area contributed by atoms with Gasteiger partial charge in [0.15, 0.2) is 0 Å². The maximum Gasteiger partial charge on any atom is 0.134 e. The fraction of sp³-hybridized carbons (Fsp3) is 0.148. The van der Waals surface area contributed by atoms with Crippen LogP contribution >= 0.6 is 0 Å². The lowest BCUT2D eigenvalue weighted by Crippen LogP contribution is -2.09. The summed E-state index contributed by atoms with van der Waals surface area (Å²) < 4.78 is 5.58. The zero-order valence-corrected chi connectivity index (χ0v) is 18.8. The lowest BCUT2D eigenvalue weighted by Gasteiger charge is -2.17. The molecule has 164 valence electrons. The fourth-order valence-electron chi connectivity index (χ4n) is 3.97. The zero-order valence-electron chi connectivity index (χ0n) is 18.8. The van der Waals surface area contributed by atoms with Gasteiger partial charge in [0.2, 0.25) is 0 Å². The summed E-state index contributed by atoms with van der Waals surface area (Å²) in [5.41, 5.74) is 12.9. The molecule has 2 aromatic carbocycles. The van der Waals surface area contributed by atoms with E-state index in [1.54, 1.807) is 12.5 Å². The highest BCUT2D eigenvalue weighted by Crippen LogP contribution is 2.29. The Kier molecular flexibility index (Phi) is 5.26. The molecule has 0 fully saturated rings. The van der Waals surface area contributed by atoms with Crippen LogP contribution in [-0.2, 0) is 0 Å². The van der Waals surface area contributed by atoms with Crippen molar-refractivity contribution in [2.24, 2.45) is 0 Å². The largest absolute Gasteiger partial charge is 0.464 e. The molecule has 5 rings (SSSR count). The third-order valence-corrected chi connectivity index (χ3v) is 5.77. The third-order valence-electron chi connectivity index (χ3n) is 5.77. The maximum absolute atomic E-state index is 5.73. The van der Waals surface area contributed by atoms with Crippen molar-refractivity contribution in [3.63, 3.8) is 0 Å². The number of furan rings is 1. The first-order valence-corrected chi connectivity index (χ1v) is 10.9. The summed E-state index contributed by atoms with van der Waals surface area (Å²) in [6, 6.07) is 20.4. The smallest absolute Gasteiger partial charge is 0.134 e. The van der Waals surface area contributed by atoms with Gasteiger partial charge in [-0.2, -0.15) is 0 Å². The summed E-state index contributed by atoms with van der Waals surface area (Å²) in [7, 11) is 0. The minimum atomic E-state index is 0.0486. The molecule has 0 aliphatic carbocycles. The molecule has 0 amide bonds. The summed E-state index contributed by atoms with van der Waals surface area (Å²) in [5.74, 6) is 2.02. The van der Waals surface area contributed by atoms with Crippen LogP contribution in [0.4, 0.5) is 11.6 Å². The molecule has 1 atom stereocenters.